The minimum Gasteiger partial charge on any atom is -0.462 e. The van der Waals surface area contributed by atoms with Crippen LogP contribution in [-0.2, 0) is 4.74 Å². The highest BCUT2D eigenvalue weighted by Crippen LogP contribution is 2.16. The topological polar surface area (TPSA) is 61.3 Å². The van der Waals surface area contributed by atoms with Crippen LogP contribution in [0.1, 0.15) is 23.0 Å². The second kappa shape index (κ2) is 5.65. The summed E-state index contributed by atoms with van der Waals surface area (Å²) in [4.78, 5) is 18.5. The molecule has 100 valence electrons. The van der Waals surface area contributed by atoms with Gasteiger partial charge in [0, 0.05) is 6.20 Å². The van der Waals surface area contributed by atoms with E-state index in [0.29, 0.717) is 0 Å². The van der Waals surface area contributed by atoms with Crippen molar-refractivity contribution in [1.29, 1.82) is 0 Å². The van der Waals surface area contributed by atoms with Gasteiger partial charge < -0.3 is 9.47 Å². The summed E-state index contributed by atoms with van der Waals surface area (Å²) in [7, 11) is 0. The third-order valence-corrected chi connectivity index (χ3v) is 1.82. The smallest absolute Gasteiger partial charge is 0.422 e. The standard InChI is InChI=1S/C10H11F3N2O3/c1-3-17-8(16)7-4-14-9(15-6(7)2)18-5-10(11,12)13/h4H,3,5H2,1-2H3. The molecule has 0 aromatic carbocycles. The average molecular weight is 264 g/mol. The summed E-state index contributed by atoms with van der Waals surface area (Å²) in [5.41, 5.74) is 0.289. The number of ether oxygens (including phenoxy) is 2. The molecule has 0 aliphatic heterocycles. The summed E-state index contributed by atoms with van der Waals surface area (Å²) in [5.74, 6) is -0.627. The molecule has 0 atom stereocenters. The Morgan fingerprint density at radius 3 is 2.61 bits per heavy atom. The van der Waals surface area contributed by atoms with Gasteiger partial charge in [-0.3, -0.25) is 0 Å². The maximum Gasteiger partial charge on any atom is 0.422 e. The molecule has 1 heterocycles. The van der Waals surface area contributed by atoms with Crippen LogP contribution in [0, 0.1) is 6.92 Å². The van der Waals surface area contributed by atoms with Gasteiger partial charge in [0.1, 0.15) is 0 Å². The van der Waals surface area contributed by atoms with Crippen molar-refractivity contribution >= 4 is 5.97 Å². The summed E-state index contributed by atoms with van der Waals surface area (Å²) in [6.45, 7) is 1.79. The molecule has 0 aliphatic rings. The quantitative estimate of drug-likeness (QED) is 0.777. The van der Waals surface area contributed by atoms with Crippen LogP contribution < -0.4 is 4.74 Å². The monoisotopic (exact) mass is 264 g/mol. The van der Waals surface area contributed by atoms with Crippen LogP contribution in [0.2, 0.25) is 0 Å². The van der Waals surface area contributed by atoms with E-state index in [2.05, 4.69) is 14.7 Å². The number of hydrogen-bond donors (Lipinski definition) is 0. The third kappa shape index (κ3) is 4.19. The predicted octanol–water partition coefficient (Wildman–Crippen LogP) is 1.90. The summed E-state index contributed by atoms with van der Waals surface area (Å²) < 4.78 is 44.8. The highest BCUT2D eigenvalue weighted by atomic mass is 19.4. The van der Waals surface area contributed by atoms with E-state index >= 15 is 0 Å². The van der Waals surface area contributed by atoms with Gasteiger partial charge in [-0.2, -0.15) is 18.2 Å². The Balaban J connectivity index is 2.76. The van der Waals surface area contributed by atoms with Gasteiger partial charge in [0.15, 0.2) is 6.61 Å². The Bertz CT molecular complexity index is 435. The molecule has 8 heteroatoms. The molecule has 0 unspecified atom stereocenters. The van der Waals surface area contributed by atoms with Crippen molar-refractivity contribution in [3.63, 3.8) is 0 Å². The van der Waals surface area contributed by atoms with Crippen molar-refractivity contribution in [2.45, 2.75) is 20.0 Å². The fourth-order valence-corrected chi connectivity index (χ4v) is 1.07. The van der Waals surface area contributed by atoms with Crippen molar-refractivity contribution in [3.05, 3.63) is 17.5 Å². The minimum absolute atomic E-state index is 0.0937. The summed E-state index contributed by atoms with van der Waals surface area (Å²) >= 11 is 0. The van der Waals surface area contributed by atoms with Crippen molar-refractivity contribution < 1.29 is 27.4 Å². The lowest BCUT2D eigenvalue weighted by molar-refractivity contribution is -0.154. The molecular weight excluding hydrogens is 253 g/mol. The second-order valence-electron chi connectivity index (χ2n) is 3.28. The molecule has 0 amide bonds. The zero-order valence-electron chi connectivity index (χ0n) is 9.74. The van der Waals surface area contributed by atoms with Crippen LogP contribution in [0.3, 0.4) is 0 Å². The number of hydrogen-bond acceptors (Lipinski definition) is 5. The Labute approximate surface area is 101 Å². The number of aryl methyl sites for hydroxylation is 1. The molecule has 1 aromatic rings. The Hall–Kier alpha value is -1.86. The zero-order chi connectivity index (χ0) is 13.8. The normalized spacial score (nSPS) is 11.2. The minimum atomic E-state index is -4.46. The van der Waals surface area contributed by atoms with Crippen LogP contribution in [0.25, 0.3) is 0 Å². The second-order valence-corrected chi connectivity index (χ2v) is 3.28. The molecule has 0 aliphatic carbocycles. The molecule has 0 N–H and O–H groups in total. The van der Waals surface area contributed by atoms with Gasteiger partial charge in [-0.05, 0) is 13.8 Å². The Morgan fingerprint density at radius 1 is 1.44 bits per heavy atom. The number of nitrogens with zero attached hydrogens (tertiary/aromatic N) is 2. The molecule has 0 fully saturated rings. The first-order valence-electron chi connectivity index (χ1n) is 5.04. The molecule has 1 aromatic heterocycles. The number of carbonyl (C=O) groups is 1. The largest absolute Gasteiger partial charge is 0.462 e. The van der Waals surface area contributed by atoms with Crippen molar-refractivity contribution in [2.24, 2.45) is 0 Å². The van der Waals surface area contributed by atoms with Gasteiger partial charge in [-0.25, -0.2) is 9.78 Å². The van der Waals surface area contributed by atoms with Crippen LogP contribution in [0.15, 0.2) is 6.20 Å². The lowest BCUT2D eigenvalue weighted by Crippen LogP contribution is -2.20. The molecule has 1 rings (SSSR count). The van der Waals surface area contributed by atoms with Gasteiger partial charge in [-0.15, -0.1) is 0 Å². The van der Waals surface area contributed by atoms with Crippen LogP contribution in [0.5, 0.6) is 6.01 Å². The average Bonchev–Trinajstić information content (AvgIpc) is 2.25. The highest BCUT2D eigenvalue weighted by Gasteiger charge is 2.29. The highest BCUT2D eigenvalue weighted by molar-refractivity contribution is 5.90. The molecule has 0 spiro atoms. The van der Waals surface area contributed by atoms with E-state index in [1.165, 1.54) is 6.92 Å². The maximum absolute atomic E-state index is 11.9. The number of carbonyl (C=O) groups excluding carboxylic acids is 1. The molecule has 5 nitrogen and oxygen atoms in total. The molecular formula is C10H11F3N2O3. The number of halogens is 3. The zero-order valence-corrected chi connectivity index (χ0v) is 9.74. The third-order valence-electron chi connectivity index (χ3n) is 1.82. The van der Waals surface area contributed by atoms with Gasteiger partial charge in [-0.1, -0.05) is 0 Å². The summed E-state index contributed by atoms with van der Waals surface area (Å²) in [5, 5.41) is 0. The maximum atomic E-state index is 11.9. The first-order chi connectivity index (χ1) is 8.33. The van der Waals surface area contributed by atoms with Crippen molar-refractivity contribution in [2.75, 3.05) is 13.2 Å². The van der Waals surface area contributed by atoms with Crippen LogP contribution in [-0.4, -0.2) is 35.3 Å². The van der Waals surface area contributed by atoms with E-state index < -0.39 is 24.8 Å². The van der Waals surface area contributed by atoms with Gasteiger partial charge >= 0.3 is 18.2 Å². The van der Waals surface area contributed by atoms with Gasteiger partial charge in [0.25, 0.3) is 0 Å². The summed E-state index contributed by atoms with van der Waals surface area (Å²) in [6.07, 6.45) is -3.39. The molecule has 0 radical (unpaired) electrons. The fraction of sp³-hybridized carbons (Fsp3) is 0.500. The van der Waals surface area contributed by atoms with Gasteiger partial charge in [0.2, 0.25) is 0 Å². The number of aromatic nitrogens is 2. The van der Waals surface area contributed by atoms with E-state index in [0.717, 1.165) is 6.20 Å². The van der Waals surface area contributed by atoms with Crippen LogP contribution in [0.4, 0.5) is 13.2 Å². The van der Waals surface area contributed by atoms with Crippen molar-refractivity contribution in [3.8, 4) is 6.01 Å². The number of rotatable bonds is 4. The SMILES string of the molecule is CCOC(=O)c1cnc(OCC(F)(F)F)nc1C. The van der Waals surface area contributed by atoms with E-state index in [1.807, 2.05) is 0 Å². The van der Waals surface area contributed by atoms with E-state index in [9.17, 15) is 18.0 Å². The van der Waals surface area contributed by atoms with Gasteiger partial charge in [0.05, 0.1) is 17.9 Å². The first-order valence-corrected chi connectivity index (χ1v) is 5.04. The Kier molecular flexibility index (Phi) is 4.46. The van der Waals surface area contributed by atoms with E-state index in [4.69, 9.17) is 4.74 Å². The fourth-order valence-electron chi connectivity index (χ4n) is 1.07. The Morgan fingerprint density at radius 2 is 2.11 bits per heavy atom. The lowest BCUT2D eigenvalue weighted by Gasteiger charge is -2.09. The molecule has 18 heavy (non-hydrogen) atoms. The molecule has 0 saturated carbocycles. The first kappa shape index (κ1) is 14.2. The molecule has 0 saturated heterocycles. The van der Waals surface area contributed by atoms with Crippen LogP contribution >= 0.6 is 0 Å². The van der Waals surface area contributed by atoms with E-state index in [-0.39, 0.29) is 17.9 Å². The predicted molar refractivity (Wildman–Crippen MR) is 54.3 cm³/mol. The summed E-state index contributed by atoms with van der Waals surface area (Å²) in [6, 6.07) is -0.433. The van der Waals surface area contributed by atoms with Crippen molar-refractivity contribution in [1.82, 2.24) is 9.97 Å². The lowest BCUT2D eigenvalue weighted by atomic mass is 10.2. The number of alkyl halides is 3. The number of esters is 1. The van der Waals surface area contributed by atoms with E-state index in [1.54, 1.807) is 6.92 Å². The molecule has 0 bridgehead atoms.